The van der Waals surface area contributed by atoms with E-state index in [1.54, 1.807) is 17.8 Å². The van der Waals surface area contributed by atoms with Gasteiger partial charge in [-0.15, -0.1) is 0 Å². The molecule has 0 bridgehead atoms. The molecule has 12 heavy (non-hydrogen) atoms. The fourth-order valence-electron chi connectivity index (χ4n) is 0.724. The molecule has 1 N–H and O–H groups in total. The summed E-state index contributed by atoms with van der Waals surface area (Å²) in [5.41, 5.74) is 0.517. The molecule has 0 rings (SSSR count). The third-order valence-corrected chi connectivity index (χ3v) is 2.44. The maximum atomic E-state index is 10.5. The Labute approximate surface area is 78.0 Å². The van der Waals surface area contributed by atoms with E-state index in [-0.39, 0.29) is 0 Å². The van der Waals surface area contributed by atoms with Gasteiger partial charge in [-0.05, 0) is 11.7 Å². The van der Waals surface area contributed by atoms with Gasteiger partial charge in [-0.25, -0.2) is 4.79 Å². The molecule has 0 radical (unpaired) electrons. The smallest absolute Gasteiger partial charge is 0.331 e. The molecule has 0 saturated carbocycles. The highest BCUT2D eigenvalue weighted by Gasteiger charge is 2.02. The number of rotatable bonds is 5. The summed E-state index contributed by atoms with van der Waals surface area (Å²) in [7, 11) is 0. The fraction of sp³-hybridized carbons (Fsp3) is 0.667. The molecule has 0 aromatic heterocycles. The van der Waals surface area contributed by atoms with Crippen LogP contribution in [0.1, 0.15) is 27.2 Å². The molecule has 0 fully saturated rings. The molecule has 0 aromatic carbocycles. The summed E-state index contributed by atoms with van der Waals surface area (Å²) < 4.78 is 0. The van der Waals surface area contributed by atoms with Crippen molar-refractivity contribution in [3.63, 3.8) is 0 Å². The Balaban J connectivity index is 3.87. The Hall–Kier alpha value is -0.440. The number of carboxylic acids is 1. The van der Waals surface area contributed by atoms with Gasteiger partial charge in [-0.1, -0.05) is 26.8 Å². The summed E-state index contributed by atoms with van der Waals surface area (Å²) >= 11 is 1.75. The van der Waals surface area contributed by atoms with E-state index in [9.17, 15) is 4.79 Å². The van der Waals surface area contributed by atoms with E-state index in [1.165, 1.54) is 0 Å². The first-order chi connectivity index (χ1) is 5.57. The van der Waals surface area contributed by atoms with E-state index in [0.717, 1.165) is 5.75 Å². The van der Waals surface area contributed by atoms with Crippen LogP contribution in [0.15, 0.2) is 11.6 Å². The standard InChI is InChI=1S/C9H16O2S/c1-4-8(9(10)11)5-6-12-7(2)3/h5,7H,4,6H2,1-3H3,(H,10,11). The lowest BCUT2D eigenvalue weighted by Crippen LogP contribution is -2.00. The van der Waals surface area contributed by atoms with Crippen LogP contribution in [-0.2, 0) is 4.79 Å². The second kappa shape index (κ2) is 6.12. The molecule has 0 unspecified atom stereocenters. The van der Waals surface area contributed by atoms with Crippen LogP contribution in [0, 0.1) is 0 Å². The molecule has 0 atom stereocenters. The van der Waals surface area contributed by atoms with Crippen molar-refractivity contribution >= 4 is 17.7 Å². The molecule has 0 aliphatic rings. The number of thioether (sulfide) groups is 1. The van der Waals surface area contributed by atoms with Gasteiger partial charge in [0.15, 0.2) is 0 Å². The highest BCUT2D eigenvalue weighted by molar-refractivity contribution is 8.00. The lowest BCUT2D eigenvalue weighted by atomic mass is 10.2. The molecule has 0 aromatic rings. The zero-order valence-electron chi connectivity index (χ0n) is 7.83. The largest absolute Gasteiger partial charge is 0.478 e. The second-order valence-electron chi connectivity index (χ2n) is 2.77. The van der Waals surface area contributed by atoms with Crippen LogP contribution < -0.4 is 0 Å². The third-order valence-electron chi connectivity index (χ3n) is 1.41. The summed E-state index contributed by atoms with van der Waals surface area (Å²) in [5, 5.41) is 9.22. The number of hydrogen-bond donors (Lipinski definition) is 1. The van der Waals surface area contributed by atoms with E-state index in [2.05, 4.69) is 13.8 Å². The molecule has 3 heteroatoms. The maximum absolute atomic E-state index is 10.5. The first kappa shape index (κ1) is 11.6. The topological polar surface area (TPSA) is 37.3 Å². The quantitative estimate of drug-likeness (QED) is 0.674. The molecule has 0 heterocycles. The monoisotopic (exact) mass is 188 g/mol. The summed E-state index contributed by atoms with van der Waals surface area (Å²) in [5.74, 6) is 0.00880. The Morgan fingerprint density at radius 1 is 1.58 bits per heavy atom. The van der Waals surface area contributed by atoms with Crippen LogP contribution >= 0.6 is 11.8 Å². The number of carboxylic acid groups (broad SMARTS) is 1. The van der Waals surface area contributed by atoms with Crippen LogP contribution in [0.2, 0.25) is 0 Å². The van der Waals surface area contributed by atoms with E-state index < -0.39 is 5.97 Å². The van der Waals surface area contributed by atoms with Crippen molar-refractivity contribution in [1.29, 1.82) is 0 Å². The highest BCUT2D eigenvalue weighted by Crippen LogP contribution is 2.11. The van der Waals surface area contributed by atoms with Crippen LogP contribution in [0.4, 0.5) is 0 Å². The first-order valence-corrected chi connectivity index (χ1v) is 5.16. The van der Waals surface area contributed by atoms with Gasteiger partial charge in [-0.3, -0.25) is 0 Å². The van der Waals surface area contributed by atoms with Gasteiger partial charge in [0.05, 0.1) is 0 Å². The summed E-state index contributed by atoms with van der Waals surface area (Å²) in [4.78, 5) is 10.5. The zero-order chi connectivity index (χ0) is 9.56. The minimum absolute atomic E-state index is 0.517. The molecule has 0 aliphatic heterocycles. The van der Waals surface area contributed by atoms with Gasteiger partial charge in [0.1, 0.15) is 0 Å². The number of aliphatic carboxylic acids is 1. The highest BCUT2D eigenvalue weighted by atomic mass is 32.2. The van der Waals surface area contributed by atoms with E-state index >= 15 is 0 Å². The molecule has 70 valence electrons. The van der Waals surface area contributed by atoms with Crippen molar-refractivity contribution in [3.8, 4) is 0 Å². The normalized spacial score (nSPS) is 12.2. The second-order valence-corrected chi connectivity index (χ2v) is 4.38. The van der Waals surface area contributed by atoms with E-state index in [0.29, 0.717) is 17.2 Å². The fourth-order valence-corrected chi connectivity index (χ4v) is 1.41. The lowest BCUT2D eigenvalue weighted by Gasteiger charge is -2.01. The summed E-state index contributed by atoms with van der Waals surface area (Å²) in [6, 6.07) is 0. The van der Waals surface area contributed by atoms with Gasteiger partial charge in [0.25, 0.3) is 0 Å². The van der Waals surface area contributed by atoms with Gasteiger partial charge in [-0.2, -0.15) is 11.8 Å². The molecule has 0 aliphatic carbocycles. The summed E-state index contributed by atoms with van der Waals surface area (Å²) in [6.07, 6.45) is 2.40. The average Bonchev–Trinajstić information content (AvgIpc) is 1.96. The maximum Gasteiger partial charge on any atom is 0.331 e. The molecule has 2 nitrogen and oxygen atoms in total. The van der Waals surface area contributed by atoms with Gasteiger partial charge < -0.3 is 5.11 Å². The average molecular weight is 188 g/mol. The van der Waals surface area contributed by atoms with Crippen molar-refractivity contribution < 1.29 is 9.90 Å². The Morgan fingerprint density at radius 3 is 2.50 bits per heavy atom. The van der Waals surface area contributed by atoms with E-state index in [1.807, 2.05) is 6.92 Å². The van der Waals surface area contributed by atoms with Crippen molar-refractivity contribution in [2.75, 3.05) is 5.75 Å². The van der Waals surface area contributed by atoms with E-state index in [4.69, 9.17) is 5.11 Å². The first-order valence-electron chi connectivity index (χ1n) is 4.11. The van der Waals surface area contributed by atoms with Gasteiger partial charge >= 0.3 is 5.97 Å². The molecule has 0 amide bonds. The van der Waals surface area contributed by atoms with Crippen molar-refractivity contribution in [2.45, 2.75) is 32.4 Å². The van der Waals surface area contributed by atoms with Crippen LogP contribution in [0.25, 0.3) is 0 Å². The number of hydrogen-bond acceptors (Lipinski definition) is 2. The lowest BCUT2D eigenvalue weighted by molar-refractivity contribution is -0.132. The van der Waals surface area contributed by atoms with Crippen molar-refractivity contribution in [2.24, 2.45) is 0 Å². The third kappa shape index (κ3) is 5.24. The van der Waals surface area contributed by atoms with Crippen LogP contribution in [0.3, 0.4) is 0 Å². The zero-order valence-corrected chi connectivity index (χ0v) is 8.65. The molecule has 0 saturated heterocycles. The van der Waals surface area contributed by atoms with Gasteiger partial charge in [0.2, 0.25) is 0 Å². The predicted octanol–water partition coefficient (Wildman–Crippen LogP) is 2.55. The SMILES string of the molecule is CCC(=CCSC(C)C)C(=O)O. The minimum Gasteiger partial charge on any atom is -0.478 e. The molecular formula is C9H16O2S. The molecule has 0 spiro atoms. The van der Waals surface area contributed by atoms with Gasteiger partial charge in [0, 0.05) is 11.3 Å². The van der Waals surface area contributed by atoms with Crippen LogP contribution in [0.5, 0.6) is 0 Å². The minimum atomic E-state index is -0.790. The van der Waals surface area contributed by atoms with Crippen molar-refractivity contribution in [1.82, 2.24) is 0 Å². The molecular weight excluding hydrogens is 172 g/mol. The van der Waals surface area contributed by atoms with Crippen molar-refractivity contribution in [3.05, 3.63) is 11.6 Å². The Kier molecular flexibility index (Phi) is 5.89. The Bertz CT molecular complexity index is 173. The summed E-state index contributed by atoms with van der Waals surface area (Å²) in [6.45, 7) is 6.07. The Morgan fingerprint density at radius 2 is 2.17 bits per heavy atom. The van der Waals surface area contributed by atoms with Crippen LogP contribution in [-0.4, -0.2) is 22.1 Å². The number of carbonyl (C=O) groups is 1. The predicted molar refractivity (Wildman–Crippen MR) is 53.6 cm³/mol.